The SMILES string of the molecule is CO[C@H]1OC(COS(=O)(=O)O)[C@@H](O[C@H]2C[C@H](O)[C@H](O[C@H]3OC(CO)[C@H](O[C@H]4C[C@H](O)[C@H](O[C@H]5OC(CO)[C@@H](O[C@H]6C[C@H](O)[C@H](O[C@@H]7OC(COS(=O)(=O)O)[C@H](O[C@H]8C[C@H](O)[C@H](O)CO8)[C@H](O)C7N)CO6)[C@H](O)C5N)CO4)[C@H](O)C3N)CO2)[C@H](O)C1N. The Balaban J connectivity index is 0.777. The van der Waals surface area contributed by atoms with Crippen LogP contribution < -0.4 is 22.9 Å². The van der Waals surface area contributed by atoms with Gasteiger partial charge in [0.2, 0.25) is 0 Å². The molecule has 0 aliphatic carbocycles. The first-order chi connectivity index (χ1) is 40.6. The van der Waals surface area contributed by atoms with E-state index in [9.17, 15) is 77.6 Å². The molecular formula is C45H80N4O35S2. The number of methoxy groups -OCH3 is 1. The van der Waals surface area contributed by atoms with Crippen molar-refractivity contribution >= 4 is 20.8 Å². The maximum absolute atomic E-state index is 11.5. The smallest absolute Gasteiger partial charge is 0.394 e. The van der Waals surface area contributed by atoms with Crippen LogP contribution >= 0.6 is 0 Å². The average molecular weight is 1300 g/mol. The highest BCUT2D eigenvalue weighted by Gasteiger charge is 2.54. The zero-order chi connectivity index (χ0) is 62.7. The second kappa shape index (κ2) is 30.5. The van der Waals surface area contributed by atoms with Gasteiger partial charge < -0.3 is 155 Å². The van der Waals surface area contributed by atoms with E-state index in [2.05, 4.69) is 8.37 Å². The van der Waals surface area contributed by atoms with E-state index in [1.54, 1.807) is 0 Å². The Morgan fingerprint density at radius 3 is 0.965 bits per heavy atom. The van der Waals surface area contributed by atoms with Gasteiger partial charge in [-0.3, -0.25) is 9.11 Å². The lowest BCUT2D eigenvalue weighted by Gasteiger charge is -2.47. The molecular weight excluding hydrogens is 1220 g/mol. The summed E-state index contributed by atoms with van der Waals surface area (Å²) in [7, 11) is -8.76. The molecule has 8 aliphatic rings. The van der Waals surface area contributed by atoms with E-state index in [4.69, 9.17) is 103 Å². The second-order valence-electron chi connectivity index (χ2n) is 21.7. The summed E-state index contributed by atoms with van der Waals surface area (Å²) in [5.74, 6) is 0. The van der Waals surface area contributed by atoms with Crippen LogP contribution in [-0.4, -0.2) is 339 Å². The second-order valence-corrected chi connectivity index (χ2v) is 23.9. The molecule has 86 heavy (non-hydrogen) atoms. The highest BCUT2D eigenvalue weighted by molar-refractivity contribution is 7.81. The third kappa shape index (κ3) is 17.6. The minimum atomic E-state index is -5.04. The molecule has 502 valence electrons. The van der Waals surface area contributed by atoms with Gasteiger partial charge in [0.05, 0.1) is 101 Å². The van der Waals surface area contributed by atoms with E-state index in [-0.39, 0.29) is 32.3 Å². The maximum Gasteiger partial charge on any atom is 0.397 e. The maximum atomic E-state index is 11.5. The van der Waals surface area contributed by atoms with Crippen molar-refractivity contribution in [3.05, 3.63) is 0 Å². The first-order valence-corrected chi connectivity index (χ1v) is 30.1. The molecule has 0 radical (unpaired) electrons. The Bertz CT molecular complexity index is 2330. The van der Waals surface area contributed by atoms with Gasteiger partial charge in [-0.05, 0) is 0 Å². The van der Waals surface area contributed by atoms with Crippen molar-refractivity contribution in [2.45, 2.75) is 222 Å². The van der Waals surface area contributed by atoms with Gasteiger partial charge in [0.15, 0.2) is 50.3 Å². The summed E-state index contributed by atoms with van der Waals surface area (Å²) in [6.07, 6.45) is -40.1. The number of rotatable bonds is 23. The van der Waals surface area contributed by atoms with Crippen LogP contribution in [0.1, 0.15) is 25.7 Å². The van der Waals surface area contributed by atoms with Crippen molar-refractivity contribution in [2.24, 2.45) is 22.9 Å². The summed E-state index contributed by atoms with van der Waals surface area (Å²) >= 11 is 0. The van der Waals surface area contributed by atoms with Crippen LogP contribution in [0.5, 0.6) is 0 Å². The number of hydrogen-bond acceptors (Lipinski definition) is 37. The molecule has 0 aromatic rings. The van der Waals surface area contributed by atoms with Crippen molar-refractivity contribution < 1.29 is 166 Å². The highest BCUT2D eigenvalue weighted by atomic mass is 32.3. The van der Waals surface area contributed by atoms with Gasteiger partial charge in [-0.25, -0.2) is 8.37 Å². The molecule has 39 nitrogen and oxygen atoms in total. The van der Waals surface area contributed by atoms with Crippen LogP contribution in [0.25, 0.3) is 0 Å². The Hall–Kier alpha value is -1.50. The highest BCUT2D eigenvalue weighted by Crippen LogP contribution is 2.35. The average Bonchev–Trinajstić information content (AvgIpc) is 1.20. The Labute approximate surface area is 491 Å². The molecule has 8 saturated heterocycles. The molecule has 8 aliphatic heterocycles. The van der Waals surface area contributed by atoms with Crippen molar-refractivity contribution in [1.82, 2.24) is 0 Å². The van der Waals surface area contributed by atoms with E-state index in [1.807, 2.05) is 0 Å². The van der Waals surface area contributed by atoms with E-state index in [0.29, 0.717) is 0 Å². The fraction of sp³-hybridized carbons (Fsp3) is 1.00. The third-order valence-electron chi connectivity index (χ3n) is 15.7. The Kier molecular flexibility index (Phi) is 25.0. The van der Waals surface area contributed by atoms with Gasteiger partial charge >= 0.3 is 20.8 Å². The summed E-state index contributed by atoms with van der Waals surface area (Å²) in [6, 6.07) is -5.43. The third-order valence-corrected chi connectivity index (χ3v) is 16.5. The van der Waals surface area contributed by atoms with Crippen LogP contribution in [0.2, 0.25) is 0 Å². The predicted molar refractivity (Wildman–Crippen MR) is 268 cm³/mol. The molecule has 32 atom stereocenters. The van der Waals surface area contributed by atoms with Crippen LogP contribution in [0, 0.1) is 0 Å². The molecule has 21 N–H and O–H groups in total. The fourth-order valence-electron chi connectivity index (χ4n) is 10.8. The number of ether oxygens (including phenoxy) is 16. The quantitative estimate of drug-likeness (QED) is 0.0422. The lowest BCUT2D eigenvalue weighted by molar-refractivity contribution is -0.350. The molecule has 0 spiro atoms. The topological polar surface area (TPSA) is 601 Å². The molecule has 0 aromatic carbocycles. The van der Waals surface area contributed by atoms with E-state index in [0.717, 1.165) is 0 Å². The van der Waals surface area contributed by atoms with Crippen molar-refractivity contribution in [3.63, 3.8) is 0 Å². The normalized spacial score (nSPS) is 48.4. The summed E-state index contributed by atoms with van der Waals surface area (Å²) < 4.78 is 165. The molecule has 0 saturated carbocycles. The monoisotopic (exact) mass is 1300 g/mol. The van der Waals surface area contributed by atoms with E-state index >= 15 is 0 Å². The number of aliphatic hydroxyl groups is 11. The minimum Gasteiger partial charge on any atom is -0.394 e. The van der Waals surface area contributed by atoms with Gasteiger partial charge in [-0.15, -0.1) is 0 Å². The van der Waals surface area contributed by atoms with Crippen LogP contribution in [0.15, 0.2) is 0 Å². The van der Waals surface area contributed by atoms with Crippen molar-refractivity contribution in [3.8, 4) is 0 Å². The lowest BCUT2D eigenvalue weighted by atomic mass is 9.96. The fourth-order valence-corrected chi connectivity index (χ4v) is 11.4. The van der Waals surface area contributed by atoms with Crippen LogP contribution in [-0.2, 0) is 105 Å². The molecule has 8 rings (SSSR count). The van der Waals surface area contributed by atoms with Crippen molar-refractivity contribution in [2.75, 3.05) is 60.0 Å². The molecule has 8 unspecified atom stereocenters. The van der Waals surface area contributed by atoms with Gasteiger partial charge in [0.25, 0.3) is 0 Å². The number of nitrogens with two attached hydrogens (primary N) is 4. The number of aliphatic hydroxyl groups excluding tert-OH is 11. The van der Waals surface area contributed by atoms with Gasteiger partial charge in [0.1, 0.15) is 97.7 Å². The molecule has 8 heterocycles. The van der Waals surface area contributed by atoms with Gasteiger partial charge in [-0.1, -0.05) is 0 Å². The first-order valence-electron chi connectivity index (χ1n) is 27.4. The predicted octanol–water partition coefficient (Wildman–Crippen LogP) is -11.6. The summed E-state index contributed by atoms with van der Waals surface area (Å²) in [4.78, 5) is 0. The standard InChI is InChI=1S/C45H80N4O35S2/c1-67-42-30(46)34(57)40(24(79-42)12-72-85(61,62)63)84-29-5-17(55)22(10-71-29)77-44-32(48)36(59)38(19(6-50)75-44)81-27-3-15(53)21(9-69-27)76-43-31(47)35(58)39(20(7-51)74-43)82-28-4-16(54)23(11-70-28)78-45-33(49)37(60)41(25(80-45)13-73-86(64,65)66)83-26-2-14(52)18(56)8-68-26/h14-45,50-60H,2-13,46-49H2,1H3,(H,61,62,63)(H,64,65,66)/t14-,15-,16-,17-,18+,19?,20?,21+,22+,23+,24?,25?,26-,27-,28-,29-,30?,31?,32?,33?,34+,35+,36+,37+,38-,39+,40+,41-,42-,43+,44+,45+/m0/s1. The Morgan fingerprint density at radius 2 is 0.674 bits per heavy atom. The Morgan fingerprint density at radius 1 is 0.395 bits per heavy atom. The molecule has 8 fully saturated rings. The van der Waals surface area contributed by atoms with Crippen molar-refractivity contribution in [1.29, 1.82) is 0 Å². The largest absolute Gasteiger partial charge is 0.397 e. The summed E-state index contributed by atoms with van der Waals surface area (Å²) in [5, 5.41) is 119. The van der Waals surface area contributed by atoms with Gasteiger partial charge in [0, 0.05) is 32.8 Å². The van der Waals surface area contributed by atoms with E-state index in [1.165, 1.54) is 7.11 Å². The minimum absolute atomic E-state index is 0.256. The molecule has 0 aromatic heterocycles. The lowest BCUT2D eigenvalue weighted by Crippen LogP contribution is -2.66. The molecule has 0 amide bonds. The summed E-state index contributed by atoms with van der Waals surface area (Å²) in [6.45, 7) is -4.85. The zero-order valence-corrected chi connectivity index (χ0v) is 47.5. The summed E-state index contributed by atoms with van der Waals surface area (Å²) in [5.41, 5.74) is 25.0. The van der Waals surface area contributed by atoms with Crippen LogP contribution in [0.4, 0.5) is 0 Å². The zero-order valence-electron chi connectivity index (χ0n) is 45.9. The molecule has 0 bridgehead atoms. The first kappa shape index (κ1) is 70.4. The number of hydrogen-bond donors (Lipinski definition) is 17. The van der Waals surface area contributed by atoms with E-state index < -0.39 is 264 Å². The molecule has 41 heteroatoms. The van der Waals surface area contributed by atoms with Crippen LogP contribution in [0.3, 0.4) is 0 Å². The van der Waals surface area contributed by atoms with Gasteiger partial charge in [-0.2, -0.15) is 16.8 Å².